The second-order valence-corrected chi connectivity index (χ2v) is 6.30. The minimum Gasteiger partial charge on any atom is -0.381 e. The predicted octanol–water partition coefficient (Wildman–Crippen LogP) is 3.98. The highest BCUT2D eigenvalue weighted by molar-refractivity contribution is 5.49. The average Bonchev–Trinajstić information content (AvgIpc) is 2.46. The standard InChI is InChI=1S/C16H28O2/c1-18-16-10-8-15(9-11-16)14-6-4-13(5-7-14)3-2-12-17/h12-16H,2-11H2,1H3. The fraction of sp³-hybridized carbons (Fsp3) is 0.938. The van der Waals surface area contributed by atoms with E-state index in [-0.39, 0.29) is 0 Å². The van der Waals surface area contributed by atoms with Gasteiger partial charge in [0.15, 0.2) is 0 Å². The summed E-state index contributed by atoms with van der Waals surface area (Å²) in [5.74, 6) is 2.76. The minimum absolute atomic E-state index is 0.533. The van der Waals surface area contributed by atoms with Crippen molar-refractivity contribution in [2.24, 2.45) is 17.8 Å². The van der Waals surface area contributed by atoms with Crippen LogP contribution in [0.5, 0.6) is 0 Å². The number of rotatable bonds is 5. The van der Waals surface area contributed by atoms with Gasteiger partial charge in [0.1, 0.15) is 6.29 Å². The van der Waals surface area contributed by atoms with Gasteiger partial charge < -0.3 is 9.53 Å². The van der Waals surface area contributed by atoms with Crippen molar-refractivity contribution >= 4 is 6.29 Å². The van der Waals surface area contributed by atoms with Crippen LogP contribution in [0.25, 0.3) is 0 Å². The van der Waals surface area contributed by atoms with E-state index < -0.39 is 0 Å². The first-order chi connectivity index (χ1) is 8.83. The van der Waals surface area contributed by atoms with Crippen molar-refractivity contribution in [2.45, 2.75) is 70.3 Å². The molecule has 0 heterocycles. The third-order valence-electron chi connectivity index (χ3n) is 5.30. The van der Waals surface area contributed by atoms with E-state index >= 15 is 0 Å². The molecular weight excluding hydrogens is 224 g/mol. The van der Waals surface area contributed by atoms with Gasteiger partial charge in [-0.3, -0.25) is 0 Å². The molecule has 18 heavy (non-hydrogen) atoms. The molecule has 0 amide bonds. The zero-order valence-electron chi connectivity index (χ0n) is 11.8. The van der Waals surface area contributed by atoms with Gasteiger partial charge in [0.05, 0.1) is 6.10 Å². The normalized spacial score (nSPS) is 37.4. The van der Waals surface area contributed by atoms with Crippen LogP contribution in [0, 0.1) is 17.8 Å². The first kappa shape index (κ1) is 14.0. The summed E-state index contributed by atoms with van der Waals surface area (Å²) < 4.78 is 5.46. The molecule has 0 aliphatic heterocycles. The summed E-state index contributed by atoms with van der Waals surface area (Å²) in [6, 6.07) is 0. The molecule has 0 bridgehead atoms. The van der Waals surface area contributed by atoms with Gasteiger partial charge in [0.2, 0.25) is 0 Å². The molecular formula is C16H28O2. The Kier molecular flexibility index (Phi) is 5.68. The fourth-order valence-corrected chi connectivity index (χ4v) is 4.05. The van der Waals surface area contributed by atoms with E-state index in [0.717, 1.165) is 36.9 Å². The van der Waals surface area contributed by atoms with Crippen LogP contribution in [0.3, 0.4) is 0 Å². The molecule has 2 saturated carbocycles. The number of hydrogen-bond acceptors (Lipinski definition) is 2. The molecule has 2 fully saturated rings. The van der Waals surface area contributed by atoms with Crippen LogP contribution in [0.4, 0.5) is 0 Å². The van der Waals surface area contributed by atoms with E-state index in [1.807, 2.05) is 7.11 Å². The molecule has 0 aromatic heterocycles. The maximum atomic E-state index is 10.4. The maximum absolute atomic E-state index is 10.4. The molecule has 0 aromatic carbocycles. The Hall–Kier alpha value is -0.370. The van der Waals surface area contributed by atoms with Crippen molar-refractivity contribution in [2.75, 3.05) is 7.11 Å². The van der Waals surface area contributed by atoms with E-state index in [9.17, 15) is 4.79 Å². The van der Waals surface area contributed by atoms with Gasteiger partial charge in [-0.1, -0.05) is 12.8 Å². The first-order valence-electron chi connectivity index (χ1n) is 7.80. The van der Waals surface area contributed by atoms with Crippen LogP contribution >= 0.6 is 0 Å². The van der Waals surface area contributed by atoms with Crippen LogP contribution in [-0.2, 0) is 9.53 Å². The van der Waals surface area contributed by atoms with E-state index in [1.54, 1.807) is 0 Å². The summed E-state index contributed by atoms with van der Waals surface area (Å²) in [4.78, 5) is 10.4. The first-order valence-corrected chi connectivity index (χ1v) is 7.80. The molecule has 2 rings (SSSR count). The fourth-order valence-electron chi connectivity index (χ4n) is 4.05. The molecule has 2 aliphatic rings. The molecule has 0 atom stereocenters. The molecule has 0 unspecified atom stereocenters. The Bertz CT molecular complexity index is 235. The lowest BCUT2D eigenvalue weighted by atomic mass is 9.70. The van der Waals surface area contributed by atoms with Crippen molar-refractivity contribution in [3.8, 4) is 0 Å². The van der Waals surface area contributed by atoms with Crippen molar-refractivity contribution in [1.82, 2.24) is 0 Å². The number of aldehydes is 1. The van der Waals surface area contributed by atoms with E-state index in [2.05, 4.69) is 0 Å². The Morgan fingerprint density at radius 3 is 2.00 bits per heavy atom. The third-order valence-corrected chi connectivity index (χ3v) is 5.30. The molecule has 0 spiro atoms. The number of ether oxygens (including phenoxy) is 1. The molecule has 2 aliphatic carbocycles. The SMILES string of the molecule is COC1CCC(C2CCC(CCC=O)CC2)CC1. The van der Waals surface area contributed by atoms with Crippen LogP contribution in [-0.4, -0.2) is 19.5 Å². The van der Waals surface area contributed by atoms with Crippen molar-refractivity contribution < 1.29 is 9.53 Å². The van der Waals surface area contributed by atoms with E-state index in [0.29, 0.717) is 6.10 Å². The lowest BCUT2D eigenvalue weighted by Crippen LogP contribution is -2.28. The Morgan fingerprint density at radius 2 is 1.50 bits per heavy atom. The van der Waals surface area contributed by atoms with Gasteiger partial charge in [0.25, 0.3) is 0 Å². The van der Waals surface area contributed by atoms with Gasteiger partial charge in [-0.05, 0) is 62.7 Å². The van der Waals surface area contributed by atoms with Crippen molar-refractivity contribution in [3.05, 3.63) is 0 Å². The van der Waals surface area contributed by atoms with Gasteiger partial charge in [0, 0.05) is 13.5 Å². The number of methoxy groups -OCH3 is 1. The second-order valence-electron chi connectivity index (χ2n) is 6.30. The lowest BCUT2D eigenvalue weighted by molar-refractivity contribution is -0.108. The average molecular weight is 252 g/mol. The number of carbonyl (C=O) groups excluding carboxylic acids is 1. The monoisotopic (exact) mass is 252 g/mol. The Morgan fingerprint density at radius 1 is 0.944 bits per heavy atom. The van der Waals surface area contributed by atoms with Crippen LogP contribution in [0.1, 0.15) is 64.2 Å². The highest BCUT2D eigenvalue weighted by atomic mass is 16.5. The molecule has 0 saturated heterocycles. The van der Waals surface area contributed by atoms with Gasteiger partial charge in [-0.25, -0.2) is 0 Å². The van der Waals surface area contributed by atoms with Crippen molar-refractivity contribution in [3.63, 3.8) is 0 Å². The van der Waals surface area contributed by atoms with E-state index in [4.69, 9.17) is 4.74 Å². The van der Waals surface area contributed by atoms with Gasteiger partial charge >= 0.3 is 0 Å². The largest absolute Gasteiger partial charge is 0.381 e. The second kappa shape index (κ2) is 7.28. The topological polar surface area (TPSA) is 26.3 Å². The van der Waals surface area contributed by atoms with Crippen LogP contribution in [0.15, 0.2) is 0 Å². The Balaban J connectivity index is 1.68. The zero-order chi connectivity index (χ0) is 12.8. The summed E-state index contributed by atoms with van der Waals surface area (Å²) in [6.07, 6.45) is 14.4. The third kappa shape index (κ3) is 3.81. The quantitative estimate of drug-likeness (QED) is 0.692. The highest BCUT2D eigenvalue weighted by Crippen LogP contribution is 2.41. The summed E-state index contributed by atoms with van der Waals surface area (Å²) in [5, 5.41) is 0. The van der Waals surface area contributed by atoms with Crippen LogP contribution < -0.4 is 0 Å². The molecule has 0 aromatic rings. The highest BCUT2D eigenvalue weighted by Gasteiger charge is 2.30. The zero-order valence-corrected chi connectivity index (χ0v) is 11.8. The van der Waals surface area contributed by atoms with Crippen LogP contribution in [0.2, 0.25) is 0 Å². The maximum Gasteiger partial charge on any atom is 0.120 e. The predicted molar refractivity (Wildman–Crippen MR) is 73.5 cm³/mol. The molecule has 104 valence electrons. The van der Waals surface area contributed by atoms with Crippen molar-refractivity contribution in [1.29, 1.82) is 0 Å². The van der Waals surface area contributed by atoms with E-state index in [1.165, 1.54) is 51.4 Å². The lowest BCUT2D eigenvalue weighted by Gasteiger charge is -2.37. The molecule has 2 heteroatoms. The smallest absolute Gasteiger partial charge is 0.120 e. The number of carbonyl (C=O) groups is 1. The minimum atomic E-state index is 0.533. The molecule has 0 radical (unpaired) electrons. The summed E-state index contributed by atoms with van der Waals surface area (Å²) in [5.41, 5.74) is 0. The molecule has 2 nitrogen and oxygen atoms in total. The molecule has 0 N–H and O–H groups in total. The summed E-state index contributed by atoms with van der Waals surface area (Å²) in [7, 11) is 1.85. The number of hydrogen-bond donors (Lipinski definition) is 0. The Labute approximate surface area is 111 Å². The van der Waals surface area contributed by atoms with Gasteiger partial charge in [-0.2, -0.15) is 0 Å². The van der Waals surface area contributed by atoms with Gasteiger partial charge in [-0.15, -0.1) is 0 Å². The summed E-state index contributed by atoms with van der Waals surface area (Å²) >= 11 is 0. The summed E-state index contributed by atoms with van der Waals surface area (Å²) in [6.45, 7) is 0.